The van der Waals surface area contributed by atoms with Crippen LogP contribution in [-0.4, -0.2) is 30.6 Å². The van der Waals surface area contributed by atoms with Gasteiger partial charge in [0.05, 0.1) is 6.54 Å². The first-order valence-corrected chi connectivity index (χ1v) is 5.99. The fourth-order valence-corrected chi connectivity index (χ4v) is 2.05. The Morgan fingerprint density at radius 2 is 2.35 bits per heavy atom. The quantitative estimate of drug-likeness (QED) is 0.896. The topological polar surface area (TPSA) is 55.6 Å². The van der Waals surface area contributed by atoms with Gasteiger partial charge in [0.25, 0.3) is 0 Å². The number of cyclic esters (lactones) is 1. The van der Waals surface area contributed by atoms with Crippen LogP contribution in [0.1, 0.15) is 18.1 Å². The number of amides is 1. The standard InChI is InChI=1S/C12H15ClN2O2/c13-10-4-1-3-9(7-10)11-8-15(6-2-5-14)12(16)17-11/h1,3-4,7,11H,2,5-6,8,14H2. The summed E-state index contributed by atoms with van der Waals surface area (Å²) in [6.45, 7) is 1.79. The summed E-state index contributed by atoms with van der Waals surface area (Å²) < 4.78 is 5.30. The number of nitrogens with two attached hydrogens (primary N) is 1. The highest BCUT2D eigenvalue weighted by Gasteiger charge is 2.31. The molecule has 0 aromatic heterocycles. The van der Waals surface area contributed by atoms with Crippen molar-refractivity contribution in [1.29, 1.82) is 0 Å². The smallest absolute Gasteiger partial charge is 0.410 e. The van der Waals surface area contributed by atoms with Gasteiger partial charge in [0, 0.05) is 11.6 Å². The summed E-state index contributed by atoms with van der Waals surface area (Å²) in [5.74, 6) is 0. The summed E-state index contributed by atoms with van der Waals surface area (Å²) in [6, 6.07) is 7.39. The summed E-state index contributed by atoms with van der Waals surface area (Å²) in [5, 5.41) is 0.652. The summed E-state index contributed by atoms with van der Waals surface area (Å²) in [7, 11) is 0. The van der Waals surface area contributed by atoms with Crippen molar-refractivity contribution in [1.82, 2.24) is 4.90 Å². The van der Waals surface area contributed by atoms with Crippen LogP contribution in [0.2, 0.25) is 5.02 Å². The van der Waals surface area contributed by atoms with E-state index in [-0.39, 0.29) is 12.2 Å². The highest BCUT2D eigenvalue weighted by molar-refractivity contribution is 6.30. The minimum atomic E-state index is -0.275. The highest BCUT2D eigenvalue weighted by atomic mass is 35.5. The molecule has 4 nitrogen and oxygen atoms in total. The van der Waals surface area contributed by atoms with Crippen LogP contribution in [-0.2, 0) is 4.74 Å². The molecule has 0 spiro atoms. The Bertz CT molecular complexity index is 411. The third kappa shape index (κ3) is 2.90. The van der Waals surface area contributed by atoms with Gasteiger partial charge in [-0.1, -0.05) is 23.7 Å². The van der Waals surface area contributed by atoms with Crippen molar-refractivity contribution in [3.8, 4) is 0 Å². The molecule has 1 aliphatic rings. The van der Waals surface area contributed by atoms with Gasteiger partial charge in [0.1, 0.15) is 6.10 Å². The molecule has 1 fully saturated rings. The molecule has 0 saturated carbocycles. The maximum absolute atomic E-state index is 11.6. The molecule has 1 heterocycles. The van der Waals surface area contributed by atoms with Gasteiger partial charge < -0.3 is 15.4 Å². The largest absolute Gasteiger partial charge is 0.439 e. The zero-order chi connectivity index (χ0) is 12.3. The summed E-state index contributed by atoms with van der Waals surface area (Å²) >= 11 is 5.91. The van der Waals surface area contributed by atoms with Gasteiger partial charge in [-0.25, -0.2) is 4.79 Å². The second kappa shape index (κ2) is 5.38. The predicted molar refractivity (Wildman–Crippen MR) is 65.9 cm³/mol. The van der Waals surface area contributed by atoms with Gasteiger partial charge in [-0.15, -0.1) is 0 Å². The van der Waals surface area contributed by atoms with E-state index >= 15 is 0 Å². The molecule has 17 heavy (non-hydrogen) atoms. The molecule has 1 aliphatic heterocycles. The summed E-state index contributed by atoms with van der Waals surface area (Å²) in [4.78, 5) is 13.3. The molecule has 2 N–H and O–H groups in total. The Morgan fingerprint density at radius 1 is 1.53 bits per heavy atom. The van der Waals surface area contributed by atoms with Crippen molar-refractivity contribution in [2.45, 2.75) is 12.5 Å². The first kappa shape index (κ1) is 12.2. The van der Waals surface area contributed by atoms with E-state index in [4.69, 9.17) is 22.1 Å². The van der Waals surface area contributed by atoms with Crippen LogP contribution >= 0.6 is 11.6 Å². The second-order valence-corrected chi connectivity index (χ2v) is 4.45. The van der Waals surface area contributed by atoms with E-state index < -0.39 is 0 Å². The number of ether oxygens (including phenoxy) is 1. The van der Waals surface area contributed by atoms with Crippen molar-refractivity contribution >= 4 is 17.7 Å². The number of hydrogen-bond donors (Lipinski definition) is 1. The van der Waals surface area contributed by atoms with Crippen LogP contribution in [0, 0.1) is 0 Å². The molecule has 1 aromatic carbocycles. The van der Waals surface area contributed by atoms with Crippen molar-refractivity contribution in [2.24, 2.45) is 5.73 Å². The van der Waals surface area contributed by atoms with E-state index in [9.17, 15) is 4.79 Å². The number of hydrogen-bond acceptors (Lipinski definition) is 3. The van der Waals surface area contributed by atoms with Crippen molar-refractivity contribution < 1.29 is 9.53 Å². The Morgan fingerprint density at radius 3 is 3.06 bits per heavy atom. The third-order valence-electron chi connectivity index (χ3n) is 2.74. The Balaban J connectivity index is 2.03. The predicted octanol–water partition coefficient (Wildman–Crippen LogP) is 2.18. The van der Waals surface area contributed by atoms with Gasteiger partial charge in [-0.3, -0.25) is 0 Å². The molecule has 0 radical (unpaired) electrons. The lowest BCUT2D eigenvalue weighted by molar-refractivity contribution is 0.133. The molecule has 0 bridgehead atoms. The molecule has 1 saturated heterocycles. The Labute approximate surface area is 105 Å². The fraction of sp³-hybridized carbons (Fsp3) is 0.417. The van der Waals surface area contributed by atoms with Gasteiger partial charge >= 0.3 is 6.09 Å². The highest BCUT2D eigenvalue weighted by Crippen LogP contribution is 2.27. The van der Waals surface area contributed by atoms with Gasteiger partial charge in [-0.05, 0) is 30.7 Å². The van der Waals surface area contributed by atoms with E-state index in [1.807, 2.05) is 18.2 Å². The average Bonchev–Trinajstić information content (AvgIpc) is 2.68. The molecule has 92 valence electrons. The summed E-state index contributed by atoms with van der Waals surface area (Å²) in [6.07, 6.45) is 0.291. The second-order valence-electron chi connectivity index (χ2n) is 4.02. The maximum atomic E-state index is 11.6. The third-order valence-corrected chi connectivity index (χ3v) is 2.98. The summed E-state index contributed by atoms with van der Waals surface area (Å²) in [5.41, 5.74) is 6.35. The van der Waals surface area contributed by atoms with Crippen molar-refractivity contribution in [3.05, 3.63) is 34.9 Å². The minimum absolute atomic E-state index is 0.223. The van der Waals surface area contributed by atoms with Crippen LogP contribution in [0.4, 0.5) is 4.79 Å². The molecule has 1 amide bonds. The molecule has 0 aliphatic carbocycles. The molecular formula is C12H15ClN2O2. The van der Waals surface area contributed by atoms with Crippen LogP contribution in [0.5, 0.6) is 0 Å². The number of carbonyl (C=O) groups is 1. The molecular weight excluding hydrogens is 240 g/mol. The Hall–Kier alpha value is -1.26. The number of nitrogens with zero attached hydrogens (tertiary/aromatic N) is 1. The Kier molecular flexibility index (Phi) is 3.86. The van der Waals surface area contributed by atoms with E-state index in [1.54, 1.807) is 11.0 Å². The van der Waals surface area contributed by atoms with Crippen LogP contribution < -0.4 is 5.73 Å². The lowest BCUT2D eigenvalue weighted by atomic mass is 10.1. The fourth-order valence-electron chi connectivity index (χ4n) is 1.85. The number of carbonyl (C=O) groups excluding carboxylic acids is 1. The van der Waals surface area contributed by atoms with Crippen molar-refractivity contribution in [3.63, 3.8) is 0 Å². The lowest BCUT2D eigenvalue weighted by Gasteiger charge is -2.11. The SMILES string of the molecule is NCCCN1CC(c2cccc(Cl)c2)OC1=O. The first-order valence-electron chi connectivity index (χ1n) is 5.62. The van der Waals surface area contributed by atoms with Gasteiger partial charge in [0.2, 0.25) is 0 Å². The zero-order valence-electron chi connectivity index (χ0n) is 9.43. The van der Waals surface area contributed by atoms with Gasteiger partial charge in [-0.2, -0.15) is 0 Å². The number of halogens is 1. The minimum Gasteiger partial charge on any atom is -0.439 e. The molecule has 1 atom stereocenters. The van der Waals surface area contributed by atoms with E-state index in [0.29, 0.717) is 24.7 Å². The number of rotatable bonds is 4. The molecule has 2 rings (SSSR count). The first-order chi connectivity index (χ1) is 8.20. The van der Waals surface area contributed by atoms with Crippen LogP contribution in [0.15, 0.2) is 24.3 Å². The maximum Gasteiger partial charge on any atom is 0.410 e. The van der Waals surface area contributed by atoms with Crippen molar-refractivity contribution in [2.75, 3.05) is 19.6 Å². The molecule has 1 unspecified atom stereocenters. The normalized spacial score (nSPS) is 19.5. The lowest BCUT2D eigenvalue weighted by Crippen LogP contribution is -2.27. The van der Waals surface area contributed by atoms with Gasteiger partial charge in [0.15, 0.2) is 0 Å². The van der Waals surface area contributed by atoms with E-state index in [2.05, 4.69) is 0 Å². The van der Waals surface area contributed by atoms with Crippen LogP contribution in [0.25, 0.3) is 0 Å². The average molecular weight is 255 g/mol. The molecule has 5 heteroatoms. The molecule has 1 aromatic rings. The van der Waals surface area contributed by atoms with E-state index in [1.165, 1.54) is 0 Å². The van der Waals surface area contributed by atoms with E-state index in [0.717, 1.165) is 12.0 Å². The zero-order valence-corrected chi connectivity index (χ0v) is 10.2. The van der Waals surface area contributed by atoms with Crippen LogP contribution in [0.3, 0.4) is 0 Å². The monoisotopic (exact) mass is 254 g/mol. The number of benzene rings is 1.